The van der Waals surface area contributed by atoms with Gasteiger partial charge in [-0.05, 0) is 42.0 Å². The van der Waals surface area contributed by atoms with Crippen LogP contribution in [-0.2, 0) is 6.16 Å². The van der Waals surface area contributed by atoms with Gasteiger partial charge in [0.2, 0.25) is 0 Å². The van der Waals surface area contributed by atoms with Crippen molar-refractivity contribution in [3.8, 4) is 0 Å². The van der Waals surface area contributed by atoms with Gasteiger partial charge in [0.1, 0.15) is 23.2 Å². The molecule has 0 saturated carbocycles. The maximum atomic E-state index is 2.30. The molecule has 0 aromatic heterocycles. The minimum atomic E-state index is -1.78. The van der Waals surface area contributed by atoms with Crippen molar-refractivity contribution in [2.75, 3.05) is 0 Å². The zero-order valence-corrected chi connectivity index (χ0v) is 18.3. The predicted molar refractivity (Wildman–Crippen MR) is 133 cm³/mol. The molecule has 0 bridgehead atoms. The minimum Gasteiger partial charge on any atom is -0.197 e. The summed E-state index contributed by atoms with van der Waals surface area (Å²) in [7, 11) is -1.78. The van der Waals surface area contributed by atoms with Crippen LogP contribution in [0.1, 0.15) is 5.56 Å². The van der Waals surface area contributed by atoms with E-state index in [2.05, 4.69) is 121 Å². The molecular formula is C25H25ClPS+. The second-order valence-electron chi connectivity index (χ2n) is 6.46. The third kappa shape index (κ3) is 4.50. The van der Waals surface area contributed by atoms with E-state index in [0.29, 0.717) is 0 Å². The van der Waals surface area contributed by atoms with Gasteiger partial charge < -0.3 is 0 Å². The van der Waals surface area contributed by atoms with Crippen LogP contribution in [0.2, 0.25) is 0 Å². The Morgan fingerprint density at radius 2 is 0.714 bits per heavy atom. The molecule has 0 fully saturated rings. The van der Waals surface area contributed by atoms with Crippen molar-refractivity contribution in [2.45, 2.75) is 6.16 Å². The number of halogens is 1. The van der Waals surface area contributed by atoms with Gasteiger partial charge in [-0.25, -0.2) is 0 Å². The lowest BCUT2D eigenvalue weighted by atomic mass is 10.2. The van der Waals surface area contributed by atoms with Gasteiger partial charge in [0.15, 0.2) is 0 Å². The molecule has 0 atom stereocenters. The van der Waals surface area contributed by atoms with Crippen LogP contribution < -0.4 is 15.9 Å². The van der Waals surface area contributed by atoms with E-state index < -0.39 is 7.26 Å². The molecule has 0 spiro atoms. The third-order valence-corrected chi connectivity index (χ3v) is 9.23. The van der Waals surface area contributed by atoms with Gasteiger partial charge in [-0.2, -0.15) is 13.5 Å². The van der Waals surface area contributed by atoms with E-state index in [0.717, 1.165) is 6.16 Å². The Morgan fingerprint density at radius 1 is 0.429 bits per heavy atom. The van der Waals surface area contributed by atoms with Gasteiger partial charge in [0.05, 0.1) is 6.16 Å². The first kappa shape index (κ1) is 22.2. The molecule has 0 amide bonds. The molecule has 0 aliphatic heterocycles. The van der Waals surface area contributed by atoms with Crippen molar-refractivity contribution in [3.63, 3.8) is 0 Å². The first-order valence-corrected chi connectivity index (χ1v) is 11.0. The minimum absolute atomic E-state index is 0. The van der Waals surface area contributed by atoms with Crippen LogP contribution in [0, 0.1) is 0 Å². The lowest BCUT2D eigenvalue weighted by Gasteiger charge is -2.27. The van der Waals surface area contributed by atoms with Gasteiger partial charge in [0.25, 0.3) is 0 Å². The number of hydrogen-bond donors (Lipinski definition) is 0. The van der Waals surface area contributed by atoms with Crippen molar-refractivity contribution in [2.24, 2.45) is 0 Å². The van der Waals surface area contributed by atoms with Gasteiger partial charge in [0, 0.05) is 0 Å². The fourth-order valence-electron chi connectivity index (χ4n) is 3.63. The molecule has 142 valence electrons. The van der Waals surface area contributed by atoms with Crippen LogP contribution in [-0.4, -0.2) is 0 Å². The van der Waals surface area contributed by atoms with E-state index in [-0.39, 0.29) is 25.9 Å². The van der Waals surface area contributed by atoms with Crippen LogP contribution in [0.4, 0.5) is 0 Å². The molecule has 0 saturated heterocycles. The number of benzene rings is 4. The summed E-state index contributed by atoms with van der Waals surface area (Å²) < 4.78 is 0. The van der Waals surface area contributed by atoms with Gasteiger partial charge >= 0.3 is 0 Å². The van der Waals surface area contributed by atoms with Gasteiger partial charge in [-0.15, -0.1) is 12.4 Å². The Hall–Kier alpha value is -2.05. The third-order valence-electron chi connectivity index (χ3n) is 4.85. The summed E-state index contributed by atoms with van der Waals surface area (Å²) >= 11 is 0. The molecule has 0 aliphatic carbocycles. The molecule has 0 N–H and O–H groups in total. The van der Waals surface area contributed by atoms with Crippen molar-refractivity contribution >= 4 is 49.1 Å². The highest BCUT2D eigenvalue weighted by Gasteiger charge is 2.45. The van der Waals surface area contributed by atoms with Gasteiger partial charge in [-0.1, -0.05) is 84.9 Å². The number of hydrogen-bond acceptors (Lipinski definition) is 0. The summed E-state index contributed by atoms with van der Waals surface area (Å²) in [4.78, 5) is 0. The Bertz CT molecular complexity index is 848. The van der Waals surface area contributed by atoms with E-state index in [1.54, 1.807) is 0 Å². The zero-order valence-electron chi connectivity index (χ0n) is 15.6. The monoisotopic (exact) mass is 423 g/mol. The quantitative estimate of drug-likeness (QED) is 0.360. The molecular weight excluding hydrogens is 399 g/mol. The second-order valence-corrected chi connectivity index (χ2v) is 9.95. The molecule has 0 radical (unpaired) electrons. The van der Waals surface area contributed by atoms with Crippen LogP contribution in [0.3, 0.4) is 0 Å². The second kappa shape index (κ2) is 10.5. The lowest BCUT2D eigenvalue weighted by Crippen LogP contribution is -2.32. The van der Waals surface area contributed by atoms with E-state index >= 15 is 0 Å². The summed E-state index contributed by atoms with van der Waals surface area (Å²) in [6.07, 6.45) is 1.03. The molecule has 0 aliphatic rings. The Kier molecular flexibility index (Phi) is 8.33. The van der Waals surface area contributed by atoms with Crippen LogP contribution in [0.15, 0.2) is 121 Å². The summed E-state index contributed by atoms with van der Waals surface area (Å²) in [6.45, 7) is 0. The summed E-state index contributed by atoms with van der Waals surface area (Å²) in [6, 6.07) is 44.0. The van der Waals surface area contributed by atoms with E-state index in [1.165, 1.54) is 21.5 Å². The average Bonchev–Trinajstić information content (AvgIpc) is 2.75. The highest BCUT2D eigenvalue weighted by molar-refractivity contribution is 7.95. The first-order valence-electron chi connectivity index (χ1n) is 8.98. The summed E-state index contributed by atoms with van der Waals surface area (Å²) in [5.74, 6) is 0. The van der Waals surface area contributed by atoms with Crippen molar-refractivity contribution < 1.29 is 0 Å². The van der Waals surface area contributed by atoms with E-state index in [1.807, 2.05) is 0 Å². The molecule has 4 aromatic rings. The molecule has 28 heavy (non-hydrogen) atoms. The van der Waals surface area contributed by atoms with Crippen molar-refractivity contribution in [1.29, 1.82) is 0 Å². The molecule has 0 unspecified atom stereocenters. The summed E-state index contributed by atoms with van der Waals surface area (Å²) in [5.41, 5.74) is 1.39. The fourth-order valence-corrected chi connectivity index (χ4v) is 7.87. The zero-order chi connectivity index (χ0) is 17.7. The summed E-state index contributed by atoms with van der Waals surface area (Å²) in [5, 5.41) is 4.30. The maximum absolute atomic E-state index is 2.30. The normalized spacial score (nSPS) is 10.4. The molecule has 3 heteroatoms. The lowest BCUT2D eigenvalue weighted by molar-refractivity contribution is 1.39. The molecule has 4 rings (SSSR count). The van der Waals surface area contributed by atoms with E-state index in [9.17, 15) is 0 Å². The molecule has 0 nitrogen and oxygen atoms in total. The smallest absolute Gasteiger partial charge is 0.116 e. The van der Waals surface area contributed by atoms with Crippen molar-refractivity contribution in [1.82, 2.24) is 0 Å². The van der Waals surface area contributed by atoms with Crippen LogP contribution in [0.5, 0.6) is 0 Å². The molecule has 4 aromatic carbocycles. The fraction of sp³-hybridized carbons (Fsp3) is 0.0400. The number of rotatable bonds is 5. The maximum Gasteiger partial charge on any atom is 0.116 e. The largest absolute Gasteiger partial charge is 0.197 e. The predicted octanol–water partition coefficient (Wildman–Crippen LogP) is 5.72. The average molecular weight is 424 g/mol. The van der Waals surface area contributed by atoms with E-state index in [4.69, 9.17) is 0 Å². The Labute approximate surface area is 181 Å². The van der Waals surface area contributed by atoms with Crippen LogP contribution >= 0.6 is 33.2 Å². The Balaban J connectivity index is 0.00000140. The SMILES string of the molecule is Cl.S.c1ccc(C[P+](c2ccccc2)(c2ccccc2)c2ccccc2)cc1. The Morgan fingerprint density at radius 3 is 1.04 bits per heavy atom. The van der Waals surface area contributed by atoms with Gasteiger partial charge in [-0.3, -0.25) is 0 Å². The highest BCUT2D eigenvalue weighted by Crippen LogP contribution is 2.58. The van der Waals surface area contributed by atoms with Crippen molar-refractivity contribution in [3.05, 3.63) is 127 Å². The standard InChI is InChI=1S/C25H22P.ClH.H2S/c1-5-13-22(14-6-1)21-26(23-15-7-2-8-16-23,24-17-9-3-10-18-24)25-19-11-4-12-20-25;;/h1-20H,21H2;1H;1H2/q+1;;. The molecule has 0 heterocycles. The van der Waals surface area contributed by atoms with Crippen LogP contribution in [0.25, 0.3) is 0 Å². The topological polar surface area (TPSA) is 0 Å². The first-order chi connectivity index (χ1) is 12.9. The highest BCUT2D eigenvalue weighted by atomic mass is 35.5.